The van der Waals surface area contributed by atoms with Gasteiger partial charge in [-0.3, -0.25) is 19.4 Å². The van der Waals surface area contributed by atoms with E-state index in [-0.39, 0.29) is 23.8 Å². The maximum absolute atomic E-state index is 12.9. The molecule has 31 heavy (non-hydrogen) atoms. The third kappa shape index (κ3) is 6.24. The predicted octanol–water partition coefficient (Wildman–Crippen LogP) is 0.953. The van der Waals surface area contributed by atoms with Crippen LogP contribution in [-0.2, 0) is 16.0 Å². The summed E-state index contributed by atoms with van der Waals surface area (Å²) < 4.78 is 5.23. The zero-order chi connectivity index (χ0) is 22.2. The van der Waals surface area contributed by atoms with Crippen molar-refractivity contribution in [1.29, 1.82) is 0 Å². The van der Waals surface area contributed by atoms with E-state index in [1.54, 1.807) is 12.0 Å². The van der Waals surface area contributed by atoms with Crippen molar-refractivity contribution >= 4 is 17.7 Å². The number of nitrogens with one attached hydrogen (secondary N) is 2. The molecule has 9 nitrogen and oxygen atoms in total. The predicted molar refractivity (Wildman–Crippen MR) is 113 cm³/mol. The number of amides is 3. The molecule has 0 bridgehead atoms. The molecule has 0 spiro atoms. The van der Waals surface area contributed by atoms with Crippen LogP contribution in [0, 0.1) is 0 Å². The fraction of sp³-hybridized carbons (Fsp3) is 0.409. The number of piperidine rings is 1. The number of hydrogen-bond donors (Lipinski definition) is 2. The Kier molecular flexibility index (Phi) is 7.53. The van der Waals surface area contributed by atoms with Crippen molar-refractivity contribution in [2.75, 3.05) is 20.2 Å². The highest BCUT2D eigenvalue weighted by Gasteiger charge is 2.28. The highest BCUT2D eigenvalue weighted by atomic mass is 16.5. The van der Waals surface area contributed by atoms with E-state index in [0.29, 0.717) is 43.8 Å². The zero-order valence-electron chi connectivity index (χ0n) is 17.7. The Bertz CT molecular complexity index is 913. The molecule has 164 valence electrons. The summed E-state index contributed by atoms with van der Waals surface area (Å²) >= 11 is 0. The minimum atomic E-state index is -0.691. The molecule has 1 atom stereocenters. The topological polar surface area (TPSA) is 114 Å². The van der Waals surface area contributed by atoms with Gasteiger partial charge in [0.15, 0.2) is 0 Å². The maximum Gasteiger partial charge on any atom is 0.274 e. The average molecular weight is 425 g/mol. The van der Waals surface area contributed by atoms with E-state index < -0.39 is 6.04 Å². The van der Waals surface area contributed by atoms with Crippen LogP contribution in [-0.4, -0.2) is 64.9 Å². The molecular weight excluding hydrogens is 398 g/mol. The molecular formula is C22H27N5O4. The number of methoxy groups -OCH3 is 1. The van der Waals surface area contributed by atoms with E-state index in [2.05, 4.69) is 20.6 Å². The van der Waals surface area contributed by atoms with Crippen molar-refractivity contribution < 1.29 is 19.1 Å². The lowest BCUT2D eigenvalue weighted by Gasteiger charge is -2.33. The molecule has 0 aliphatic carbocycles. The number of benzene rings is 1. The molecule has 1 unspecified atom stereocenters. The first-order valence-electron chi connectivity index (χ1n) is 10.2. The van der Waals surface area contributed by atoms with Gasteiger partial charge >= 0.3 is 0 Å². The van der Waals surface area contributed by atoms with E-state index in [0.717, 1.165) is 5.56 Å². The number of ether oxygens (including phenoxy) is 1. The van der Waals surface area contributed by atoms with Crippen molar-refractivity contribution in [2.24, 2.45) is 0 Å². The van der Waals surface area contributed by atoms with Crippen LogP contribution in [0.15, 0.2) is 42.9 Å². The van der Waals surface area contributed by atoms with Crippen LogP contribution in [0.1, 0.15) is 35.8 Å². The highest BCUT2D eigenvalue weighted by Crippen LogP contribution is 2.16. The van der Waals surface area contributed by atoms with Crippen molar-refractivity contribution in [3.63, 3.8) is 0 Å². The molecule has 2 aromatic rings. The first-order chi connectivity index (χ1) is 15.0. The van der Waals surface area contributed by atoms with E-state index >= 15 is 0 Å². The Morgan fingerprint density at radius 3 is 2.65 bits per heavy atom. The van der Waals surface area contributed by atoms with Crippen LogP contribution in [0.2, 0.25) is 0 Å². The first kappa shape index (κ1) is 22.2. The normalized spacial score (nSPS) is 15.1. The summed E-state index contributed by atoms with van der Waals surface area (Å²) in [5.74, 6) is 0.0239. The summed E-state index contributed by atoms with van der Waals surface area (Å²) in [6, 6.07) is 6.65. The second kappa shape index (κ2) is 10.5. The van der Waals surface area contributed by atoms with Gasteiger partial charge in [-0.05, 0) is 30.5 Å². The summed E-state index contributed by atoms with van der Waals surface area (Å²) in [6.07, 6.45) is 6.08. The molecule has 1 aliphatic heterocycles. The van der Waals surface area contributed by atoms with Gasteiger partial charge in [-0.15, -0.1) is 0 Å². The summed E-state index contributed by atoms with van der Waals surface area (Å²) in [5, 5.41) is 5.75. The lowest BCUT2D eigenvalue weighted by Crippen LogP contribution is -2.53. The van der Waals surface area contributed by atoms with E-state index in [9.17, 15) is 14.4 Å². The van der Waals surface area contributed by atoms with Crippen molar-refractivity contribution in [3.8, 4) is 5.75 Å². The Morgan fingerprint density at radius 1 is 1.23 bits per heavy atom. The molecule has 0 saturated carbocycles. The van der Waals surface area contributed by atoms with Gasteiger partial charge in [0.1, 0.15) is 17.5 Å². The molecule has 2 heterocycles. The van der Waals surface area contributed by atoms with Crippen LogP contribution < -0.4 is 15.4 Å². The minimum Gasteiger partial charge on any atom is -0.497 e. The quantitative estimate of drug-likeness (QED) is 0.683. The smallest absolute Gasteiger partial charge is 0.274 e. The lowest BCUT2D eigenvalue weighted by molar-refractivity contribution is -0.128. The van der Waals surface area contributed by atoms with Gasteiger partial charge < -0.3 is 20.3 Å². The highest BCUT2D eigenvalue weighted by molar-refractivity contribution is 5.92. The van der Waals surface area contributed by atoms with Gasteiger partial charge in [-0.1, -0.05) is 12.1 Å². The van der Waals surface area contributed by atoms with Gasteiger partial charge in [0.25, 0.3) is 5.91 Å². The summed E-state index contributed by atoms with van der Waals surface area (Å²) in [5.41, 5.74) is 1.20. The fourth-order valence-corrected chi connectivity index (χ4v) is 3.59. The Labute approximate surface area is 181 Å². The number of carbonyl (C=O) groups excluding carboxylic acids is 3. The van der Waals surface area contributed by atoms with E-state index in [1.165, 1.54) is 25.5 Å². The molecule has 0 radical (unpaired) electrons. The minimum absolute atomic E-state index is 0.0695. The number of aromatic nitrogens is 2. The molecule has 9 heteroatoms. The number of hydrogen-bond acceptors (Lipinski definition) is 6. The lowest BCUT2D eigenvalue weighted by atomic mass is 10.0. The number of carbonyl (C=O) groups is 3. The summed E-state index contributed by atoms with van der Waals surface area (Å²) in [7, 11) is 1.58. The second-order valence-corrected chi connectivity index (χ2v) is 7.47. The maximum atomic E-state index is 12.9. The number of likely N-dealkylation sites (tertiary alicyclic amines) is 1. The first-order valence-corrected chi connectivity index (χ1v) is 10.2. The van der Waals surface area contributed by atoms with Crippen LogP contribution in [0.4, 0.5) is 0 Å². The fourth-order valence-electron chi connectivity index (χ4n) is 3.59. The van der Waals surface area contributed by atoms with Crippen LogP contribution in [0.5, 0.6) is 5.75 Å². The van der Waals surface area contributed by atoms with Crippen LogP contribution >= 0.6 is 0 Å². The zero-order valence-corrected chi connectivity index (χ0v) is 17.7. The van der Waals surface area contributed by atoms with Gasteiger partial charge in [0.05, 0.1) is 13.3 Å². The summed E-state index contributed by atoms with van der Waals surface area (Å²) in [4.78, 5) is 46.7. The molecule has 3 amide bonds. The molecule has 1 fully saturated rings. The molecule has 1 aromatic heterocycles. The molecule has 2 N–H and O–H groups in total. The Morgan fingerprint density at radius 2 is 2.00 bits per heavy atom. The largest absolute Gasteiger partial charge is 0.497 e. The second-order valence-electron chi connectivity index (χ2n) is 7.47. The van der Waals surface area contributed by atoms with Gasteiger partial charge in [-0.2, -0.15) is 0 Å². The Hall–Kier alpha value is -3.49. The third-order valence-electron chi connectivity index (χ3n) is 5.18. The Balaban J connectivity index is 1.56. The SMILES string of the molecule is COc1cccc(CC(NC(C)=O)C(=O)NC2CCN(C(=O)c3cnccn3)CC2)c1. The van der Waals surface area contributed by atoms with Gasteiger partial charge in [-0.25, -0.2) is 4.98 Å². The monoisotopic (exact) mass is 425 g/mol. The van der Waals surface area contributed by atoms with Gasteiger partial charge in [0.2, 0.25) is 11.8 Å². The number of rotatable bonds is 7. The molecule has 1 aliphatic rings. The van der Waals surface area contributed by atoms with Crippen LogP contribution in [0.25, 0.3) is 0 Å². The van der Waals surface area contributed by atoms with Crippen LogP contribution in [0.3, 0.4) is 0 Å². The number of nitrogens with zero attached hydrogens (tertiary/aromatic N) is 3. The van der Waals surface area contributed by atoms with Crippen molar-refractivity contribution in [3.05, 3.63) is 54.1 Å². The molecule has 1 aromatic carbocycles. The standard InChI is InChI=1S/C22H27N5O4/c1-15(28)25-19(13-16-4-3-5-18(12-16)31-2)21(29)26-17-6-10-27(11-7-17)22(30)20-14-23-8-9-24-20/h3-5,8-9,12,14,17,19H,6-7,10-11,13H2,1-2H3,(H,25,28)(H,26,29). The molecule has 1 saturated heterocycles. The van der Waals surface area contributed by atoms with E-state index in [1.807, 2.05) is 24.3 Å². The average Bonchev–Trinajstić information content (AvgIpc) is 2.79. The van der Waals surface area contributed by atoms with Crippen molar-refractivity contribution in [2.45, 2.75) is 38.3 Å². The molecule has 3 rings (SSSR count). The third-order valence-corrected chi connectivity index (χ3v) is 5.18. The van der Waals surface area contributed by atoms with Crippen molar-refractivity contribution in [1.82, 2.24) is 25.5 Å². The van der Waals surface area contributed by atoms with E-state index in [4.69, 9.17) is 4.74 Å². The van der Waals surface area contributed by atoms with Gasteiger partial charge in [0, 0.05) is 44.9 Å². The summed E-state index contributed by atoms with van der Waals surface area (Å²) in [6.45, 7) is 2.42.